The second-order valence-corrected chi connectivity index (χ2v) is 17.4. The van der Waals surface area contributed by atoms with Gasteiger partial charge in [0.15, 0.2) is 5.60 Å². The Morgan fingerprint density at radius 1 is 0.833 bits per heavy atom. The normalized spacial score (nSPS) is 14.6. The summed E-state index contributed by atoms with van der Waals surface area (Å²) in [5, 5.41) is 11.0. The first kappa shape index (κ1) is 28.1. The second kappa shape index (κ2) is 11.7. The third-order valence-corrected chi connectivity index (χ3v) is 14.9. The van der Waals surface area contributed by atoms with Gasteiger partial charge in [0.05, 0.1) is 15.7 Å². The predicted molar refractivity (Wildman–Crippen MR) is 152 cm³/mol. The summed E-state index contributed by atoms with van der Waals surface area (Å²) in [4.78, 5) is 1.36. The maximum atomic E-state index is 13.9. The molecule has 0 amide bonds. The number of hydrogen-bond acceptors (Lipinski definition) is 3. The molecule has 0 saturated carbocycles. The van der Waals surface area contributed by atoms with E-state index in [0.29, 0.717) is 33.5 Å². The summed E-state index contributed by atoms with van der Waals surface area (Å²) in [5.41, 5.74) is 2.48. The lowest BCUT2D eigenvalue weighted by Crippen LogP contribution is -2.54. The van der Waals surface area contributed by atoms with Crippen molar-refractivity contribution in [3.05, 3.63) is 95.6 Å². The van der Waals surface area contributed by atoms with E-state index in [2.05, 4.69) is 47.6 Å². The first-order chi connectivity index (χ1) is 17.1. The van der Waals surface area contributed by atoms with E-state index in [0.717, 1.165) is 16.0 Å². The van der Waals surface area contributed by atoms with Crippen molar-refractivity contribution in [2.24, 2.45) is 0 Å². The highest BCUT2D eigenvalue weighted by Crippen LogP contribution is 2.48. The average Bonchev–Trinajstić information content (AvgIpc) is 2.86. The van der Waals surface area contributed by atoms with Gasteiger partial charge in [-0.3, -0.25) is 0 Å². The van der Waals surface area contributed by atoms with E-state index < -0.39 is 24.7 Å². The van der Waals surface area contributed by atoms with Crippen molar-refractivity contribution in [1.29, 1.82) is 5.26 Å². The summed E-state index contributed by atoms with van der Waals surface area (Å²) in [6.07, 6.45) is 0.396. The molecule has 0 unspecified atom stereocenters. The van der Waals surface area contributed by atoms with Gasteiger partial charge in [-0.2, -0.15) is 5.26 Å². The molecule has 0 fully saturated rings. The Hall–Kier alpha value is -2.52. The molecule has 2 atom stereocenters. The fourth-order valence-corrected chi connectivity index (χ4v) is 12.4. The van der Waals surface area contributed by atoms with Gasteiger partial charge in [0.2, 0.25) is 8.32 Å². The molecule has 3 aromatic rings. The number of hydrogen-bond donors (Lipinski definition) is 0. The Morgan fingerprint density at radius 2 is 1.36 bits per heavy atom. The zero-order chi connectivity index (χ0) is 26.5. The van der Waals surface area contributed by atoms with Crippen molar-refractivity contribution >= 4 is 19.1 Å². The summed E-state index contributed by atoms with van der Waals surface area (Å²) in [6, 6.07) is 28.1. The van der Waals surface area contributed by atoms with Gasteiger partial charge < -0.3 is 4.43 Å². The minimum atomic E-state index is -2.49. The van der Waals surface area contributed by atoms with Crippen LogP contribution in [0.15, 0.2) is 88.7 Å². The van der Waals surface area contributed by atoms with Crippen molar-refractivity contribution in [3.63, 3.8) is 0 Å². The average molecular weight is 518 g/mol. The molecule has 3 nitrogen and oxygen atoms in total. The second-order valence-electron chi connectivity index (χ2n) is 10.6. The van der Waals surface area contributed by atoms with Crippen LogP contribution in [0, 0.1) is 18.3 Å². The van der Waals surface area contributed by atoms with E-state index in [1.807, 2.05) is 85.8 Å². The molecular formula is C31H39NO2SSi. The monoisotopic (exact) mass is 517 g/mol. The highest BCUT2D eigenvalue weighted by molar-refractivity contribution is 7.85. The van der Waals surface area contributed by atoms with Crippen LogP contribution < -0.4 is 0 Å². The van der Waals surface area contributed by atoms with E-state index in [1.165, 1.54) is 0 Å². The maximum Gasteiger partial charge on any atom is 0.202 e. The Balaban J connectivity index is 2.27. The zero-order valence-electron chi connectivity index (χ0n) is 22.6. The first-order valence-corrected chi connectivity index (χ1v) is 16.1. The lowest BCUT2D eigenvalue weighted by molar-refractivity contribution is 0.1000. The summed E-state index contributed by atoms with van der Waals surface area (Å²) in [7, 11) is -3.94. The van der Waals surface area contributed by atoms with Crippen molar-refractivity contribution in [2.75, 3.05) is 0 Å². The molecule has 0 aliphatic rings. The molecule has 0 bridgehead atoms. The first-order valence-electron chi connectivity index (χ1n) is 12.8. The smallest absolute Gasteiger partial charge is 0.202 e. The summed E-state index contributed by atoms with van der Waals surface area (Å²) >= 11 is 0. The Bertz CT molecular complexity index is 1190. The van der Waals surface area contributed by atoms with Crippen molar-refractivity contribution in [2.45, 2.75) is 86.9 Å². The zero-order valence-corrected chi connectivity index (χ0v) is 24.4. The molecule has 0 aliphatic carbocycles. The van der Waals surface area contributed by atoms with E-state index >= 15 is 0 Å². The van der Waals surface area contributed by atoms with Gasteiger partial charge in [-0.05, 0) is 47.3 Å². The van der Waals surface area contributed by atoms with Crippen LogP contribution in [0.1, 0.15) is 58.2 Å². The van der Waals surface area contributed by atoms with E-state index in [-0.39, 0.29) is 0 Å². The van der Waals surface area contributed by atoms with Gasteiger partial charge >= 0.3 is 0 Å². The minimum absolute atomic E-state index is 0.302. The third-order valence-electron chi connectivity index (χ3n) is 7.29. The Morgan fingerprint density at radius 3 is 1.89 bits per heavy atom. The quantitative estimate of drug-likeness (QED) is 0.254. The van der Waals surface area contributed by atoms with Crippen LogP contribution in [0.5, 0.6) is 0 Å². The van der Waals surface area contributed by atoms with Crippen molar-refractivity contribution in [3.8, 4) is 6.07 Å². The van der Waals surface area contributed by atoms with Crippen LogP contribution in [0.2, 0.25) is 16.6 Å². The summed E-state index contributed by atoms with van der Waals surface area (Å²) < 4.78 is 21.3. The molecule has 0 heterocycles. The van der Waals surface area contributed by atoms with Crippen LogP contribution in [0.4, 0.5) is 0 Å². The predicted octanol–water partition coefficient (Wildman–Crippen LogP) is 8.32. The Kier molecular flexibility index (Phi) is 9.11. The Labute approximate surface area is 221 Å². The van der Waals surface area contributed by atoms with Gasteiger partial charge in [-0.25, -0.2) is 4.21 Å². The van der Waals surface area contributed by atoms with E-state index in [9.17, 15) is 9.47 Å². The molecule has 3 aromatic carbocycles. The highest BCUT2D eigenvalue weighted by Gasteiger charge is 2.52. The number of benzene rings is 3. The lowest BCUT2D eigenvalue weighted by Gasteiger charge is -2.47. The molecular weight excluding hydrogens is 478 g/mol. The molecule has 190 valence electrons. The summed E-state index contributed by atoms with van der Waals surface area (Å²) in [5.74, 6) is 0. The molecule has 0 N–H and O–H groups in total. The van der Waals surface area contributed by atoms with Gasteiger partial charge in [-0.15, -0.1) is 0 Å². The van der Waals surface area contributed by atoms with E-state index in [1.54, 1.807) is 0 Å². The molecule has 5 heteroatoms. The van der Waals surface area contributed by atoms with Crippen LogP contribution in [-0.2, 0) is 27.2 Å². The van der Waals surface area contributed by atoms with Gasteiger partial charge in [0.25, 0.3) is 0 Å². The van der Waals surface area contributed by atoms with Gasteiger partial charge in [-0.1, -0.05) is 108 Å². The topological polar surface area (TPSA) is 50.1 Å². The van der Waals surface area contributed by atoms with E-state index in [4.69, 9.17) is 4.43 Å². The fraction of sp³-hybridized carbons (Fsp3) is 0.387. The van der Waals surface area contributed by atoms with Gasteiger partial charge in [0.1, 0.15) is 6.07 Å². The molecule has 0 aliphatic heterocycles. The van der Waals surface area contributed by atoms with Crippen LogP contribution in [0.3, 0.4) is 0 Å². The maximum absolute atomic E-state index is 13.9. The molecule has 0 saturated heterocycles. The van der Waals surface area contributed by atoms with Gasteiger partial charge in [0, 0.05) is 16.9 Å². The molecule has 36 heavy (non-hydrogen) atoms. The minimum Gasteiger partial charge on any atom is -0.395 e. The molecule has 0 spiro atoms. The molecule has 0 aromatic heterocycles. The van der Waals surface area contributed by atoms with Crippen molar-refractivity contribution < 1.29 is 8.63 Å². The fourth-order valence-electron chi connectivity index (χ4n) is 5.60. The number of nitrogens with zero attached hydrogens (tertiary/aromatic N) is 1. The SMILES string of the molecule is Cc1ccc([S@](=O)c2ccccc2[C@](C#N)(Cc2ccccc2)O[Si](C(C)C)(C(C)C)C(C)C)cc1. The summed E-state index contributed by atoms with van der Waals surface area (Å²) in [6.45, 7) is 15.4. The molecule has 0 radical (unpaired) electrons. The van der Waals surface area contributed by atoms with Crippen LogP contribution in [0.25, 0.3) is 0 Å². The molecule has 3 rings (SSSR count). The largest absolute Gasteiger partial charge is 0.395 e. The van der Waals surface area contributed by atoms with Crippen LogP contribution >= 0.6 is 0 Å². The third kappa shape index (κ3) is 5.57. The standard InChI is InChI=1S/C31H39NO2SSi/c1-23(2)36(24(3)4,25(5)6)34-31(22-32,21-27-13-9-8-10-14-27)29-15-11-12-16-30(29)35(33)28-19-17-26(7)18-20-28/h8-20,23-25H,21H2,1-7H3/t31-,35+/m1/s1. The van der Waals surface area contributed by atoms with Crippen molar-refractivity contribution in [1.82, 2.24) is 0 Å². The number of rotatable bonds is 10. The highest BCUT2D eigenvalue weighted by atomic mass is 32.2. The van der Waals surface area contributed by atoms with Crippen LogP contribution in [-0.4, -0.2) is 12.5 Å². The number of nitriles is 1. The number of aryl methyl sites for hydroxylation is 1. The lowest BCUT2D eigenvalue weighted by atomic mass is 9.88.